The zero-order valence-electron chi connectivity index (χ0n) is 14.3. The highest BCUT2D eigenvalue weighted by Gasteiger charge is 2.33. The van der Waals surface area contributed by atoms with Gasteiger partial charge in [0.2, 0.25) is 15.9 Å². The monoisotopic (exact) mass is 376 g/mol. The van der Waals surface area contributed by atoms with E-state index in [1.165, 1.54) is 17.3 Å². The van der Waals surface area contributed by atoms with Gasteiger partial charge in [-0.3, -0.25) is 9.59 Å². The van der Waals surface area contributed by atoms with Crippen LogP contribution >= 0.6 is 0 Å². The lowest BCUT2D eigenvalue weighted by molar-refractivity contribution is -0.142. The Hall–Kier alpha value is -2.45. The summed E-state index contributed by atoms with van der Waals surface area (Å²) in [5.41, 5.74) is 0.552. The van der Waals surface area contributed by atoms with Crippen molar-refractivity contribution in [3.8, 4) is 0 Å². The zero-order valence-corrected chi connectivity index (χ0v) is 15.1. The summed E-state index contributed by atoms with van der Waals surface area (Å²) in [5.74, 6) is -1.62. The van der Waals surface area contributed by atoms with Gasteiger partial charge in [0.25, 0.3) is 0 Å². The molecule has 1 fully saturated rings. The van der Waals surface area contributed by atoms with E-state index in [1.54, 1.807) is 30.3 Å². The number of hydrogen-bond acceptors (Lipinski definition) is 4. The fourth-order valence-electron chi connectivity index (χ4n) is 3.28. The molecule has 2 aromatic carbocycles. The average Bonchev–Trinajstić information content (AvgIpc) is 2.61. The Morgan fingerprint density at radius 1 is 1.08 bits per heavy atom. The SMILES string of the molecule is CC(=O)Nc1ccc(S(=O)(=O)N2CCC(C(=O)O)CC2)c2ccccc12. The van der Waals surface area contributed by atoms with Crippen molar-refractivity contribution in [3.05, 3.63) is 36.4 Å². The van der Waals surface area contributed by atoms with Crippen LogP contribution in [0.4, 0.5) is 5.69 Å². The normalized spacial score (nSPS) is 16.5. The van der Waals surface area contributed by atoms with Gasteiger partial charge >= 0.3 is 5.97 Å². The standard InChI is InChI=1S/C18H20N2O5S/c1-12(21)19-16-6-7-17(15-5-3-2-4-14(15)16)26(24,25)20-10-8-13(9-11-20)18(22)23/h2-7,13H,8-11H2,1H3,(H,19,21)(H,22,23). The van der Waals surface area contributed by atoms with Crippen LogP contribution in [0, 0.1) is 5.92 Å². The molecule has 1 heterocycles. The first-order valence-electron chi connectivity index (χ1n) is 8.33. The van der Waals surface area contributed by atoms with E-state index in [-0.39, 0.29) is 23.9 Å². The maximum absolute atomic E-state index is 13.1. The van der Waals surface area contributed by atoms with E-state index >= 15 is 0 Å². The summed E-state index contributed by atoms with van der Waals surface area (Å²) in [4.78, 5) is 22.6. The maximum atomic E-state index is 13.1. The minimum atomic E-state index is -3.76. The smallest absolute Gasteiger partial charge is 0.306 e. The van der Waals surface area contributed by atoms with Crippen LogP contribution in [-0.2, 0) is 19.6 Å². The fraction of sp³-hybridized carbons (Fsp3) is 0.333. The number of amides is 1. The Morgan fingerprint density at radius 3 is 2.27 bits per heavy atom. The van der Waals surface area contributed by atoms with Crippen LogP contribution in [0.15, 0.2) is 41.3 Å². The summed E-state index contributed by atoms with van der Waals surface area (Å²) < 4.78 is 27.5. The third kappa shape index (κ3) is 3.42. The third-order valence-corrected chi connectivity index (χ3v) is 6.57. The Morgan fingerprint density at radius 2 is 1.69 bits per heavy atom. The molecule has 0 spiro atoms. The number of sulfonamides is 1. The van der Waals surface area contributed by atoms with Gasteiger partial charge in [0.05, 0.1) is 10.8 Å². The van der Waals surface area contributed by atoms with Gasteiger partial charge in [0, 0.05) is 36.5 Å². The molecule has 0 saturated carbocycles. The highest BCUT2D eigenvalue weighted by Crippen LogP contribution is 2.32. The molecule has 0 bridgehead atoms. The van der Waals surface area contributed by atoms with Crippen LogP contribution < -0.4 is 5.32 Å². The second-order valence-electron chi connectivity index (χ2n) is 6.35. The molecule has 26 heavy (non-hydrogen) atoms. The van der Waals surface area contributed by atoms with Crippen molar-refractivity contribution in [1.29, 1.82) is 0 Å². The summed E-state index contributed by atoms with van der Waals surface area (Å²) in [6.45, 7) is 1.76. The molecule has 0 aliphatic carbocycles. The molecular weight excluding hydrogens is 356 g/mol. The molecule has 0 radical (unpaired) electrons. The number of carboxylic acid groups (broad SMARTS) is 1. The third-order valence-electron chi connectivity index (χ3n) is 4.62. The summed E-state index contributed by atoms with van der Waals surface area (Å²) in [7, 11) is -3.76. The van der Waals surface area contributed by atoms with E-state index < -0.39 is 21.9 Å². The Kier molecular flexibility index (Phi) is 4.97. The molecular formula is C18H20N2O5S. The molecule has 0 atom stereocenters. The lowest BCUT2D eigenvalue weighted by atomic mass is 9.99. The summed E-state index contributed by atoms with van der Waals surface area (Å²) in [6.07, 6.45) is 0.604. The highest BCUT2D eigenvalue weighted by molar-refractivity contribution is 7.89. The number of hydrogen-bond donors (Lipinski definition) is 2. The van der Waals surface area contributed by atoms with Gasteiger partial charge in [-0.05, 0) is 25.0 Å². The minimum absolute atomic E-state index is 0.163. The van der Waals surface area contributed by atoms with E-state index in [0.717, 1.165) is 0 Å². The predicted octanol–water partition coefficient (Wildman–Crippen LogP) is 2.28. The van der Waals surface area contributed by atoms with Crippen LogP contribution in [-0.4, -0.2) is 42.8 Å². The lowest BCUT2D eigenvalue weighted by Crippen LogP contribution is -2.40. The van der Waals surface area contributed by atoms with Gasteiger partial charge < -0.3 is 10.4 Å². The molecule has 8 heteroatoms. The number of rotatable bonds is 4. The first kappa shape index (κ1) is 18.3. The Labute approximate surface area is 151 Å². The molecule has 7 nitrogen and oxygen atoms in total. The number of nitrogens with zero attached hydrogens (tertiary/aromatic N) is 1. The van der Waals surface area contributed by atoms with Gasteiger partial charge in [0.15, 0.2) is 0 Å². The van der Waals surface area contributed by atoms with Crippen molar-refractivity contribution in [3.63, 3.8) is 0 Å². The van der Waals surface area contributed by atoms with Gasteiger partial charge in [-0.15, -0.1) is 0 Å². The van der Waals surface area contributed by atoms with Crippen LogP contribution in [0.5, 0.6) is 0 Å². The molecule has 1 saturated heterocycles. The molecule has 2 N–H and O–H groups in total. The number of fused-ring (bicyclic) bond motifs is 1. The fourth-order valence-corrected chi connectivity index (χ4v) is 4.94. The number of anilines is 1. The van der Waals surface area contributed by atoms with Crippen LogP contribution in [0.2, 0.25) is 0 Å². The summed E-state index contributed by atoms with van der Waals surface area (Å²) >= 11 is 0. The molecule has 3 rings (SSSR count). The molecule has 1 aliphatic rings. The van der Waals surface area contributed by atoms with E-state index in [0.29, 0.717) is 29.3 Å². The Balaban J connectivity index is 2.00. The lowest BCUT2D eigenvalue weighted by Gasteiger charge is -2.29. The minimum Gasteiger partial charge on any atom is -0.481 e. The van der Waals surface area contributed by atoms with E-state index in [9.17, 15) is 18.0 Å². The number of piperidine rings is 1. The summed E-state index contributed by atoms with van der Waals surface area (Å²) in [5, 5.41) is 13.0. The van der Waals surface area contributed by atoms with E-state index in [4.69, 9.17) is 5.11 Å². The number of carbonyl (C=O) groups is 2. The molecule has 0 aromatic heterocycles. The first-order chi connectivity index (χ1) is 12.3. The van der Waals surface area contributed by atoms with Crippen molar-refractivity contribution in [2.75, 3.05) is 18.4 Å². The van der Waals surface area contributed by atoms with Crippen molar-refractivity contribution in [2.24, 2.45) is 5.92 Å². The van der Waals surface area contributed by atoms with Crippen LogP contribution in [0.25, 0.3) is 10.8 Å². The molecule has 1 aliphatic heterocycles. The van der Waals surface area contributed by atoms with Crippen molar-refractivity contribution in [2.45, 2.75) is 24.7 Å². The first-order valence-corrected chi connectivity index (χ1v) is 9.77. The van der Waals surface area contributed by atoms with E-state index in [1.807, 2.05) is 0 Å². The topological polar surface area (TPSA) is 104 Å². The predicted molar refractivity (Wildman–Crippen MR) is 97.4 cm³/mol. The average molecular weight is 376 g/mol. The molecule has 0 unspecified atom stereocenters. The number of nitrogens with one attached hydrogen (secondary N) is 1. The molecule has 1 amide bonds. The van der Waals surface area contributed by atoms with Crippen molar-refractivity contribution in [1.82, 2.24) is 4.31 Å². The second kappa shape index (κ2) is 7.05. The highest BCUT2D eigenvalue weighted by atomic mass is 32.2. The van der Waals surface area contributed by atoms with Gasteiger partial charge in [-0.25, -0.2) is 8.42 Å². The quantitative estimate of drug-likeness (QED) is 0.852. The summed E-state index contributed by atoms with van der Waals surface area (Å²) in [6, 6.07) is 10.1. The number of carboxylic acids is 1. The van der Waals surface area contributed by atoms with Crippen molar-refractivity contribution < 1.29 is 23.1 Å². The Bertz CT molecular complexity index is 963. The molecule has 2 aromatic rings. The number of benzene rings is 2. The number of carbonyl (C=O) groups excluding carboxylic acids is 1. The maximum Gasteiger partial charge on any atom is 0.306 e. The van der Waals surface area contributed by atoms with Gasteiger partial charge in [-0.1, -0.05) is 24.3 Å². The molecule has 138 valence electrons. The largest absolute Gasteiger partial charge is 0.481 e. The van der Waals surface area contributed by atoms with Crippen molar-refractivity contribution >= 4 is 38.4 Å². The second-order valence-corrected chi connectivity index (χ2v) is 8.26. The van der Waals surface area contributed by atoms with Crippen LogP contribution in [0.3, 0.4) is 0 Å². The van der Waals surface area contributed by atoms with E-state index in [2.05, 4.69) is 5.32 Å². The van der Waals surface area contributed by atoms with Gasteiger partial charge in [-0.2, -0.15) is 4.31 Å². The zero-order chi connectivity index (χ0) is 18.9. The van der Waals surface area contributed by atoms with Gasteiger partial charge in [0.1, 0.15) is 0 Å². The number of aliphatic carboxylic acids is 1. The van der Waals surface area contributed by atoms with Crippen LogP contribution in [0.1, 0.15) is 19.8 Å².